The summed E-state index contributed by atoms with van der Waals surface area (Å²) < 4.78 is 1.74. The highest BCUT2D eigenvalue weighted by atomic mass is 32.1. The van der Waals surface area contributed by atoms with Crippen molar-refractivity contribution in [3.63, 3.8) is 0 Å². The van der Waals surface area contributed by atoms with Crippen LogP contribution in [0.25, 0.3) is 15.9 Å². The number of hydrogen-bond donors (Lipinski definition) is 0. The van der Waals surface area contributed by atoms with E-state index < -0.39 is 5.97 Å². The molecule has 0 atom stereocenters. The summed E-state index contributed by atoms with van der Waals surface area (Å²) >= 11 is 1.28. The maximum absolute atomic E-state index is 12.0. The van der Waals surface area contributed by atoms with Gasteiger partial charge in [-0.3, -0.25) is 9.20 Å². The molecule has 0 spiro atoms. The van der Waals surface area contributed by atoms with E-state index in [0.717, 1.165) is 0 Å². The van der Waals surface area contributed by atoms with Gasteiger partial charge in [-0.1, -0.05) is 0 Å². The molecule has 0 N–H and O–H groups in total. The van der Waals surface area contributed by atoms with Crippen molar-refractivity contribution < 1.29 is 9.90 Å². The number of aromatic nitrogens is 2. The highest BCUT2D eigenvalue weighted by Gasteiger charge is 2.06. The molecule has 0 fully saturated rings. The molecule has 17 heavy (non-hydrogen) atoms. The van der Waals surface area contributed by atoms with Gasteiger partial charge in [0, 0.05) is 11.8 Å². The number of carboxylic acid groups (broad SMARTS) is 1. The van der Waals surface area contributed by atoms with E-state index in [0.29, 0.717) is 15.9 Å². The first-order valence-corrected chi connectivity index (χ1v) is 5.66. The summed E-state index contributed by atoms with van der Waals surface area (Å²) in [4.78, 5) is 27.0. The zero-order valence-electron chi connectivity index (χ0n) is 8.41. The molecule has 84 valence electrons. The lowest BCUT2D eigenvalue weighted by Gasteiger charge is -2.05. The lowest BCUT2D eigenvalue weighted by Crippen LogP contribution is -2.24. The molecule has 0 aliphatic carbocycles. The number of hydrogen-bond acceptors (Lipinski definition) is 5. The lowest BCUT2D eigenvalue weighted by atomic mass is 10.3. The first-order valence-electron chi connectivity index (χ1n) is 4.78. The van der Waals surface area contributed by atoms with Crippen LogP contribution in [0.1, 0.15) is 10.4 Å². The zero-order chi connectivity index (χ0) is 12.0. The molecule has 5 nitrogen and oxygen atoms in total. The normalized spacial score (nSPS) is 11.1. The molecule has 0 aliphatic rings. The molecule has 0 saturated heterocycles. The maximum Gasteiger partial charge on any atom is 0.275 e. The molecule has 0 radical (unpaired) electrons. The second-order valence-electron chi connectivity index (χ2n) is 3.49. The van der Waals surface area contributed by atoms with Crippen molar-refractivity contribution >= 4 is 33.2 Å². The van der Waals surface area contributed by atoms with E-state index in [2.05, 4.69) is 4.98 Å². The van der Waals surface area contributed by atoms with E-state index in [9.17, 15) is 14.7 Å². The van der Waals surface area contributed by atoms with Crippen LogP contribution in [0.4, 0.5) is 0 Å². The van der Waals surface area contributed by atoms with Crippen molar-refractivity contribution in [2.75, 3.05) is 0 Å². The Bertz CT molecular complexity index is 803. The summed E-state index contributed by atoms with van der Waals surface area (Å²) in [5.41, 5.74) is 0.743. The Morgan fingerprint density at radius 1 is 1.35 bits per heavy atom. The Balaban J connectivity index is 2.50. The Kier molecular flexibility index (Phi) is 1.99. The lowest BCUT2D eigenvalue weighted by molar-refractivity contribution is -0.255. The zero-order valence-corrected chi connectivity index (χ0v) is 9.23. The number of rotatable bonds is 1. The Labute approximate surface area is 98.6 Å². The Hall–Kier alpha value is -2.21. The summed E-state index contributed by atoms with van der Waals surface area (Å²) in [7, 11) is 0. The fourth-order valence-electron chi connectivity index (χ4n) is 1.65. The van der Waals surface area contributed by atoms with Crippen LogP contribution in [0.2, 0.25) is 0 Å². The Morgan fingerprint density at radius 3 is 2.94 bits per heavy atom. The fourth-order valence-corrected chi connectivity index (χ4v) is 2.42. The van der Waals surface area contributed by atoms with Gasteiger partial charge in [0.05, 0.1) is 11.5 Å². The molecule has 0 amide bonds. The van der Waals surface area contributed by atoms with Crippen LogP contribution in [0.5, 0.6) is 0 Å². The van der Waals surface area contributed by atoms with E-state index in [1.807, 2.05) is 0 Å². The monoisotopic (exact) mass is 245 g/mol. The van der Waals surface area contributed by atoms with E-state index >= 15 is 0 Å². The van der Waals surface area contributed by atoms with E-state index in [-0.39, 0.29) is 11.1 Å². The number of fused-ring (bicyclic) bond motifs is 2. The first-order chi connectivity index (χ1) is 8.16. The second kappa shape index (κ2) is 3.39. The average molecular weight is 245 g/mol. The predicted molar refractivity (Wildman–Crippen MR) is 61.2 cm³/mol. The van der Waals surface area contributed by atoms with Gasteiger partial charge in [0.15, 0.2) is 0 Å². The number of carbonyl (C=O) groups is 1. The molecule has 0 aliphatic heterocycles. The number of pyridine rings is 1. The van der Waals surface area contributed by atoms with Crippen molar-refractivity contribution in [2.45, 2.75) is 0 Å². The van der Waals surface area contributed by atoms with Gasteiger partial charge in [0.2, 0.25) is 0 Å². The molecule has 3 aromatic rings. The van der Waals surface area contributed by atoms with E-state index in [1.165, 1.54) is 34.1 Å². The van der Waals surface area contributed by atoms with Crippen LogP contribution in [0.3, 0.4) is 0 Å². The number of carbonyl (C=O) groups excluding carboxylic acids is 1. The van der Waals surface area contributed by atoms with Gasteiger partial charge in [-0.2, -0.15) is 0 Å². The first kappa shape index (κ1) is 9.98. The summed E-state index contributed by atoms with van der Waals surface area (Å²) in [5.74, 6) is -1.31. The largest absolute Gasteiger partial charge is 0.545 e. The molecule has 0 unspecified atom stereocenters. The highest BCUT2D eigenvalue weighted by molar-refractivity contribution is 7.17. The van der Waals surface area contributed by atoms with Gasteiger partial charge >= 0.3 is 0 Å². The van der Waals surface area contributed by atoms with Crippen LogP contribution in [-0.2, 0) is 0 Å². The Morgan fingerprint density at radius 2 is 2.18 bits per heavy atom. The molecule has 3 heterocycles. The third-order valence-corrected chi connectivity index (χ3v) is 3.35. The minimum Gasteiger partial charge on any atom is -0.545 e. The highest BCUT2D eigenvalue weighted by Crippen LogP contribution is 2.15. The molecule has 0 saturated carbocycles. The average Bonchev–Trinajstić information content (AvgIpc) is 2.77. The van der Waals surface area contributed by atoms with Gasteiger partial charge in [-0.15, -0.1) is 11.3 Å². The summed E-state index contributed by atoms with van der Waals surface area (Å²) in [6, 6.07) is 4.62. The topological polar surface area (TPSA) is 74.5 Å². The third-order valence-electron chi connectivity index (χ3n) is 2.46. The van der Waals surface area contributed by atoms with Crippen LogP contribution >= 0.6 is 11.3 Å². The number of nitrogens with zero attached hydrogens (tertiary/aromatic N) is 2. The molecule has 3 rings (SSSR count). The summed E-state index contributed by atoms with van der Waals surface area (Å²) in [6.07, 6.45) is 1.24. The molecular weight excluding hydrogens is 240 g/mol. The summed E-state index contributed by atoms with van der Waals surface area (Å²) in [5, 5.41) is 12.5. The summed E-state index contributed by atoms with van der Waals surface area (Å²) in [6.45, 7) is 0. The number of thiophene rings is 1. The van der Waals surface area contributed by atoms with Gasteiger partial charge < -0.3 is 9.90 Å². The van der Waals surface area contributed by atoms with Crippen molar-refractivity contribution in [3.05, 3.63) is 45.7 Å². The number of aromatic carboxylic acids is 1. The molecule has 3 aromatic heterocycles. The molecule has 6 heteroatoms. The van der Waals surface area contributed by atoms with Gasteiger partial charge in [0.25, 0.3) is 5.56 Å². The third kappa shape index (κ3) is 1.42. The standard InChI is InChI=1S/C11H6N2O3S/c14-10-9-7(3-4-17-9)12-8-2-1-6(11(15)16)5-13(8)10/h1-5H,(H,15,16)/p-1. The van der Waals surface area contributed by atoms with Gasteiger partial charge in [-0.05, 0) is 23.6 Å². The second-order valence-corrected chi connectivity index (χ2v) is 4.40. The maximum atomic E-state index is 12.0. The van der Waals surface area contributed by atoms with Crippen LogP contribution in [0.15, 0.2) is 34.6 Å². The van der Waals surface area contributed by atoms with Crippen molar-refractivity contribution in [1.29, 1.82) is 0 Å². The minimum absolute atomic E-state index is 0.0442. The smallest absolute Gasteiger partial charge is 0.275 e. The van der Waals surface area contributed by atoms with Crippen molar-refractivity contribution in [1.82, 2.24) is 9.38 Å². The van der Waals surface area contributed by atoms with Crippen LogP contribution in [-0.4, -0.2) is 15.4 Å². The van der Waals surface area contributed by atoms with Crippen LogP contribution in [0, 0.1) is 0 Å². The van der Waals surface area contributed by atoms with Gasteiger partial charge in [-0.25, -0.2) is 4.98 Å². The SMILES string of the molecule is O=C([O-])c1ccc2nc3ccsc3c(=O)n2c1. The molecule has 0 aromatic carbocycles. The van der Waals surface area contributed by atoms with E-state index in [4.69, 9.17) is 0 Å². The fraction of sp³-hybridized carbons (Fsp3) is 0. The van der Waals surface area contributed by atoms with Crippen LogP contribution < -0.4 is 10.7 Å². The quantitative estimate of drug-likeness (QED) is 0.617. The predicted octanol–water partition coefficient (Wildman–Crippen LogP) is 0.273. The number of carboxylic acids is 1. The van der Waals surface area contributed by atoms with E-state index in [1.54, 1.807) is 11.4 Å². The minimum atomic E-state index is -1.31. The van der Waals surface area contributed by atoms with Gasteiger partial charge in [0.1, 0.15) is 10.3 Å². The van der Waals surface area contributed by atoms with Crippen molar-refractivity contribution in [3.8, 4) is 0 Å². The van der Waals surface area contributed by atoms with Crippen molar-refractivity contribution in [2.24, 2.45) is 0 Å². The molecule has 0 bridgehead atoms. The molecular formula is C11H5N2O3S-.